The van der Waals surface area contributed by atoms with Crippen molar-refractivity contribution in [2.24, 2.45) is 0 Å². The van der Waals surface area contributed by atoms with E-state index in [0.29, 0.717) is 17.8 Å². The Hall–Kier alpha value is -3.77. The van der Waals surface area contributed by atoms with Crippen LogP contribution >= 0.6 is 0 Å². The number of rotatable bonds is 6. The lowest BCUT2D eigenvalue weighted by molar-refractivity contribution is -0.119. The van der Waals surface area contributed by atoms with Crippen molar-refractivity contribution in [1.29, 1.82) is 0 Å². The van der Waals surface area contributed by atoms with Gasteiger partial charge in [0.15, 0.2) is 6.61 Å². The van der Waals surface area contributed by atoms with Crippen LogP contribution in [0.5, 0.6) is 0 Å². The second kappa shape index (κ2) is 9.61. The van der Waals surface area contributed by atoms with Crippen LogP contribution in [0, 0.1) is 0 Å². The van der Waals surface area contributed by atoms with Gasteiger partial charge in [-0.25, -0.2) is 4.79 Å². The Bertz CT molecular complexity index is 1380. The van der Waals surface area contributed by atoms with E-state index in [2.05, 4.69) is 17.1 Å². The molecular formula is C28H27N3O3. The van der Waals surface area contributed by atoms with Gasteiger partial charge in [-0.1, -0.05) is 61.5 Å². The van der Waals surface area contributed by atoms with Crippen molar-refractivity contribution in [3.8, 4) is 0 Å². The molecule has 2 heterocycles. The first-order valence-electron chi connectivity index (χ1n) is 11.7. The number of ether oxygens (including phenoxy) is 1. The number of esters is 1. The summed E-state index contributed by atoms with van der Waals surface area (Å²) in [4.78, 5) is 33.1. The first-order chi connectivity index (χ1) is 16.6. The molecule has 1 aliphatic rings. The topological polar surface area (TPSA) is 71.5 Å². The van der Waals surface area contributed by atoms with Crippen LogP contribution in [-0.4, -0.2) is 41.5 Å². The summed E-state index contributed by atoms with van der Waals surface area (Å²) >= 11 is 0. The van der Waals surface area contributed by atoms with Gasteiger partial charge in [0.25, 0.3) is 5.91 Å². The van der Waals surface area contributed by atoms with Gasteiger partial charge in [-0.2, -0.15) is 0 Å². The van der Waals surface area contributed by atoms with E-state index in [-0.39, 0.29) is 12.5 Å². The molecule has 6 nitrogen and oxygen atoms in total. The highest BCUT2D eigenvalue weighted by atomic mass is 16.5. The zero-order chi connectivity index (χ0) is 23.5. The number of carbonyl (C=O) groups excluding carboxylic acids is 2. The van der Waals surface area contributed by atoms with Crippen LogP contribution in [0.4, 0.5) is 5.69 Å². The van der Waals surface area contributed by atoms with Crippen LogP contribution < -0.4 is 5.32 Å². The Labute approximate surface area is 198 Å². The molecule has 0 aliphatic carbocycles. The highest BCUT2D eigenvalue weighted by Gasteiger charge is 2.26. The smallest absolute Gasteiger partial charge is 0.339 e. The molecule has 1 aromatic heterocycles. The van der Waals surface area contributed by atoms with Crippen LogP contribution in [0.1, 0.15) is 35.0 Å². The van der Waals surface area contributed by atoms with Gasteiger partial charge in [0, 0.05) is 47.2 Å². The standard InChI is InChI=1S/C28H27N3O3/c1-2-15-31-16-14-25-22(17-31)27(21-11-5-6-12-24(21)29-25)28(33)34-18-26(32)30-23-13-7-9-19-8-3-4-10-20(19)23/h3-13H,2,14-18H2,1H3,(H,30,32). The maximum atomic E-state index is 13.3. The van der Waals surface area contributed by atoms with Gasteiger partial charge in [-0.05, 0) is 30.5 Å². The van der Waals surface area contributed by atoms with Crippen molar-refractivity contribution in [3.63, 3.8) is 0 Å². The number of hydrogen-bond acceptors (Lipinski definition) is 5. The fourth-order valence-electron chi connectivity index (χ4n) is 4.71. The fourth-order valence-corrected chi connectivity index (χ4v) is 4.71. The minimum atomic E-state index is -0.485. The van der Waals surface area contributed by atoms with Crippen LogP contribution in [0.25, 0.3) is 21.7 Å². The van der Waals surface area contributed by atoms with Crippen molar-refractivity contribution in [2.75, 3.05) is 25.0 Å². The Morgan fingerprint density at radius 1 is 1.00 bits per heavy atom. The molecule has 0 bridgehead atoms. The first kappa shape index (κ1) is 22.0. The molecule has 1 amide bonds. The normalized spacial score (nSPS) is 13.6. The molecule has 0 fully saturated rings. The Balaban J connectivity index is 1.38. The summed E-state index contributed by atoms with van der Waals surface area (Å²) in [7, 11) is 0. The van der Waals surface area contributed by atoms with Crippen molar-refractivity contribution >= 4 is 39.2 Å². The number of anilines is 1. The summed E-state index contributed by atoms with van der Waals surface area (Å²) in [6.45, 7) is 4.35. The Morgan fingerprint density at radius 3 is 2.62 bits per heavy atom. The van der Waals surface area contributed by atoms with E-state index in [1.165, 1.54) is 0 Å². The van der Waals surface area contributed by atoms with Crippen LogP contribution in [-0.2, 0) is 22.5 Å². The van der Waals surface area contributed by atoms with Crippen LogP contribution in [0.2, 0.25) is 0 Å². The second-order valence-corrected chi connectivity index (χ2v) is 8.61. The molecule has 0 unspecified atom stereocenters. The highest BCUT2D eigenvalue weighted by molar-refractivity contribution is 6.07. The predicted molar refractivity (Wildman–Crippen MR) is 134 cm³/mol. The molecule has 0 saturated heterocycles. The number of hydrogen-bond donors (Lipinski definition) is 1. The van der Waals surface area contributed by atoms with Gasteiger partial charge < -0.3 is 10.1 Å². The number of benzene rings is 3. The molecule has 1 aliphatic heterocycles. The zero-order valence-electron chi connectivity index (χ0n) is 19.2. The van der Waals surface area contributed by atoms with Crippen molar-refractivity contribution in [1.82, 2.24) is 9.88 Å². The number of nitrogens with one attached hydrogen (secondary N) is 1. The van der Waals surface area contributed by atoms with Gasteiger partial charge in [-0.15, -0.1) is 0 Å². The van der Waals surface area contributed by atoms with Crippen LogP contribution in [0.15, 0.2) is 66.7 Å². The molecule has 1 N–H and O–H groups in total. The molecule has 6 heteroatoms. The van der Waals surface area contributed by atoms with E-state index in [1.54, 1.807) is 0 Å². The third-order valence-corrected chi connectivity index (χ3v) is 6.27. The zero-order valence-corrected chi connectivity index (χ0v) is 19.2. The SMILES string of the molecule is CCCN1CCc2nc3ccccc3c(C(=O)OCC(=O)Nc3cccc4ccccc34)c2C1. The van der Waals surface area contributed by atoms with E-state index in [1.807, 2.05) is 66.7 Å². The van der Waals surface area contributed by atoms with Crippen molar-refractivity contribution in [3.05, 3.63) is 83.6 Å². The molecule has 0 spiro atoms. The number of nitrogens with zero attached hydrogens (tertiary/aromatic N) is 2. The summed E-state index contributed by atoms with van der Waals surface area (Å²) in [6, 6.07) is 21.2. The number of fused-ring (bicyclic) bond motifs is 3. The monoisotopic (exact) mass is 453 g/mol. The highest BCUT2D eigenvalue weighted by Crippen LogP contribution is 2.29. The molecule has 0 atom stereocenters. The molecule has 5 rings (SSSR count). The Kier molecular flexibility index (Phi) is 6.23. The minimum absolute atomic E-state index is 0.355. The largest absolute Gasteiger partial charge is 0.452 e. The molecule has 4 aromatic rings. The van der Waals surface area contributed by atoms with E-state index in [9.17, 15) is 9.59 Å². The molecule has 172 valence electrons. The van der Waals surface area contributed by atoms with Crippen molar-refractivity contribution in [2.45, 2.75) is 26.3 Å². The fraction of sp³-hybridized carbons (Fsp3) is 0.250. The van der Waals surface area contributed by atoms with E-state index < -0.39 is 5.97 Å². The van der Waals surface area contributed by atoms with Gasteiger partial charge in [0.2, 0.25) is 0 Å². The summed E-state index contributed by atoms with van der Waals surface area (Å²) in [5.74, 6) is -0.856. The lowest BCUT2D eigenvalue weighted by Crippen LogP contribution is -2.33. The number of aromatic nitrogens is 1. The molecule has 0 saturated carbocycles. The number of pyridine rings is 1. The summed E-state index contributed by atoms with van der Waals surface area (Å²) in [5, 5.41) is 5.61. The lowest BCUT2D eigenvalue weighted by Gasteiger charge is -2.29. The predicted octanol–water partition coefficient (Wildman–Crippen LogP) is 4.95. The molecular weight excluding hydrogens is 426 g/mol. The number of carbonyl (C=O) groups is 2. The van der Waals surface area contributed by atoms with E-state index >= 15 is 0 Å². The summed E-state index contributed by atoms with van der Waals surface area (Å²) < 4.78 is 5.55. The van der Waals surface area contributed by atoms with Crippen LogP contribution in [0.3, 0.4) is 0 Å². The quantitative estimate of drug-likeness (QED) is 0.418. The number of amides is 1. The summed E-state index contributed by atoms with van der Waals surface area (Å²) in [6.07, 6.45) is 1.84. The van der Waals surface area contributed by atoms with Crippen molar-refractivity contribution < 1.29 is 14.3 Å². The van der Waals surface area contributed by atoms with Gasteiger partial charge >= 0.3 is 5.97 Å². The van der Waals surface area contributed by atoms with Gasteiger partial charge in [0.05, 0.1) is 11.1 Å². The third-order valence-electron chi connectivity index (χ3n) is 6.27. The van der Waals surface area contributed by atoms with Gasteiger partial charge in [0.1, 0.15) is 0 Å². The average molecular weight is 454 g/mol. The molecule has 34 heavy (non-hydrogen) atoms. The average Bonchev–Trinajstić information content (AvgIpc) is 2.86. The Morgan fingerprint density at radius 2 is 1.76 bits per heavy atom. The van der Waals surface area contributed by atoms with Gasteiger partial charge in [-0.3, -0.25) is 14.7 Å². The second-order valence-electron chi connectivity index (χ2n) is 8.61. The summed E-state index contributed by atoms with van der Waals surface area (Å²) in [5.41, 5.74) is 3.86. The maximum absolute atomic E-state index is 13.3. The van der Waals surface area contributed by atoms with E-state index in [4.69, 9.17) is 9.72 Å². The molecule has 0 radical (unpaired) electrons. The third kappa shape index (κ3) is 4.37. The minimum Gasteiger partial charge on any atom is -0.452 e. The lowest BCUT2D eigenvalue weighted by atomic mass is 9.95. The maximum Gasteiger partial charge on any atom is 0.339 e. The first-order valence-corrected chi connectivity index (χ1v) is 11.7. The number of para-hydroxylation sites is 1. The van der Waals surface area contributed by atoms with E-state index in [0.717, 1.165) is 58.9 Å². The molecule has 3 aromatic carbocycles.